The molecule has 2 aromatic carbocycles. The largest absolute Gasteiger partial charge is 0.432 e. The zero-order valence-corrected chi connectivity index (χ0v) is 26.1. The van der Waals surface area contributed by atoms with Crippen molar-refractivity contribution in [3.8, 4) is 0 Å². The number of amides is 2. The highest BCUT2D eigenvalue weighted by Crippen LogP contribution is 2.59. The molecule has 6 rings (SSSR count). The molecule has 11 nitrogen and oxygen atoms in total. The normalized spacial score (nSPS) is 26.4. The van der Waals surface area contributed by atoms with Crippen LogP contribution >= 0.6 is 0 Å². The Morgan fingerprint density at radius 3 is 2.65 bits per heavy atom. The van der Waals surface area contributed by atoms with E-state index in [1.807, 2.05) is 74.7 Å². The first kappa shape index (κ1) is 29.6. The van der Waals surface area contributed by atoms with Gasteiger partial charge in [-0.05, 0) is 43.3 Å². The van der Waals surface area contributed by atoms with E-state index in [1.54, 1.807) is 21.5 Å². The molecule has 5 atom stereocenters. The lowest BCUT2D eigenvalue weighted by molar-refractivity contribution is -0.145. The van der Waals surface area contributed by atoms with Crippen LogP contribution < -0.4 is 15.1 Å². The number of rotatable bonds is 8. The van der Waals surface area contributed by atoms with E-state index in [0.717, 1.165) is 22.5 Å². The summed E-state index contributed by atoms with van der Waals surface area (Å²) >= 11 is 0. The molecular weight excluding hydrogens is 564 g/mol. The summed E-state index contributed by atoms with van der Waals surface area (Å²) in [6.07, 6.45) is 1.97. The van der Waals surface area contributed by atoms with Crippen molar-refractivity contribution >= 4 is 31.5 Å². The smallest absolute Gasteiger partial charge is 0.264 e. The number of nitrogens with one attached hydrogen (secondary N) is 1. The number of fused-ring (bicyclic) bond motifs is 2. The van der Waals surface area contributed by atoms with Gasteiger partial charge in [0.1, 0.15) is 0 Å². The number of piperazine rings is 1. The Hall–Kier alpha value is -3.42. The molecule has 0 aliphatic carbocycles. The lowest BCUT2D eigenvalue weighted by Crippen LogP contribution is -2.48. The van der Waals surface area contributed by atoms with Gasteiger partial charge in [0.05, 0.1) is 36.6 Å². The van der Waals surface area contributed by atoms with E-state index in [9.17, 15) is 19.5 Å². The SMILES string of the molecule is C[C@@H]1[C@@H]([Si](C)(C)O)[C@H](CCn2cc(C(CO)c3ccccc3)nn2)O[C@@]12C(=O)N(C)c1ccc(N3CCNCC3=O)cc12. The number of nitrogens with zero attached hydrogens (tertiary/aromatic N) is 5. The van der Waals surface area contributed by atoms with Crippen molar-refractivity contribution < 1.29 is 24.2 Å². The second-order valence-corrected chi connectivity index (χ2v) is 16.5. The van der Waals surface area contributed by atoms with E-state index in [-0.39, 0.29) is 42.3 Å². The van der Waals surface area contributed by atoms with Crippen LogP contribution in [0.15, 0.2) is 54.7 Å². The number of hydrogen-bond acceptors (Lipinski definition) is 8. The van der Waals surface area contributed by atoms with Crippen molar-refractivity contribution in [2.45, 2.75) is 56.1 Å². The zero-order chi connectivity index (χ0) is 30.5. The van der Waals surface area contributed by atoms with E-state index in [2.05, 4.69) is 15.6 Å². The molecule has 3 aliphatic rings. The first-order valence-electron chi connectivity index (χ1n) is 15.0. The summed E-state index contributed by atoms with van der Waals surface area (Å²) in [6.45, 7) is 7.73. The summed E-state index contributed by atoms with van der Waals surface area (Å²) in [5, 5.41) is 21.9. The number of hydrogen-bond donors (Lipinski definition) is 3. The molecule has 4 heterocycles. The number of ether oxygens (including phenoxy) is 1. The van der Waals surface area contributed by atoms with Crippen LogP contribution in [-0.4, -0.2) is 84.4 Å². The topological polar surface area (TPSA) is 133 Å². The van der Waals surface area contributed by atoms with Gasteiger partial charge in [-0.3, -0.25) is 14.3 Å². The molecule has 12 heteroatoms. The predicted octanol–water partition coefficient (Wildman–Crippen LogP) is 2.20. The Balaban J connectivity index is 1.29. The van der Waals surface area contributed by atoms with E-state index in [0.29, 0.717) is 31.7 Å². The van der Waals surface area contributed by atoms with Gasteiger partial charge in [-0.2, -0.15) is 0 Å². The van der Waals surface area contributed by atoms with Gasteiger partial charge in [0, 0.05) is 55.6 Å². The van der Waals surface area contributed by atoms with E-state index < -0.39 is 20.0 Å². The molecule has 3 N–H and O–H groups in total. The van der Waals surface area contributed by atoms with Crippen LogP contribution in [-0.2, 0) is 26.5 Å². The second kappa shape index (κ2) is 11.3. The van der Waals surface area contributed by atoms with Crippen LogP contribution in [0.25, 0.3) is 0 Å². The van der Waals surface area contributed by atoms with Gasteiger partial charge in [0.25, 0.3) is 5.91 Å². The molecule has 3 aliphatic heterocycles. The molecule has 3 aromatic rings. The summed E-state index contributed by atoms with van der Waals surface area (Å²) in [6, 6.07) is 15.4. The predicted molar refractivity (Wildman–Crippen MR) is 164 cm³/mol. The fraction of sp³-hybridized carbons (Fsp3) is 0.484. The first-order valence-corrected chi connectivity index (χ1v) is 18.0. The van der Waals surface area contributed by atoms with Crippen molar-refractivity contribution in [1.82, 2.24) is 20.3 Å². The number of aromatic nitrogens is 3. The van der Waals surface area contributed by atoms with Crippen LogP contribution in [0.1, 0.15) is 36.1 Å². The summed E-state index contributed by atoms with van der Waals surface area (Å²) < 4.78 is 8.62. The molecule has 2 fully saturated rings. The number of anilines is 2. The van der Waals surface area contributed by atoms with Crippen LogP contribution in [0.4, 0.5) is 11.4 Å². The third kappa shape index (κ3) is 5.00. The third-order valence-electron chi connectivity index (χ3n) is 9.44. The van der Waals surface area contributed by atoms with Gasteiger partial charge in [-0.25, -0.2) is 0 Å². The molecule has 0 saturated carbocycles. The Labute approximate surface area is 252 Å². The van der Waals surface area contributed by atoms with Gasteiger partial charge in [-0.1, -0.05) is 42.5 Å². The Kier molecular flexibility index (Phi) is 7.76. The quantitative estimate of drug-likeness (QED) is 0.334. The maximum Gasteiger partial charge on any atom is 0.264 e. The molecule has 1 unspecified atom stereocenters. The minimum absolute atomic E-state index is 0.0131. The molecule has 1 aromatic heterocycles. The summed E-state index contributed by atoms with van der Waals surface area (Å²) in [5.41, 5.74) is 2.41. The molecule has 0 radical (unpaired) electrons. The van der Waals surface area contributed by atoms with Crippen LogP contribution in [0, 0.1) is 5.92 Å². The highest BCUT2D eigenvalue weighted by Gasteiger charge is 2.65. The molecule has 43 heavy (non-hydrogen) atoms. The van der Waals surface area contributed by atoms with Crippen molar-refractivity contribution in [3.63, 3.8) is 0 Å². The minimum atomic E-state index is -2.82. The fourth-order valence-corrected chi connectivity index (χ4v) is 9.99. The van der Waals surface area contributed by atoms with Crippen molar-refractivity contribution in [2.75, 3.05) is 43.1 Å². The number of benzene rings is 2. The number of carbonyl (C=O) groups is 2. The highest BCUT2D eigenvalue weighted by molar-refractivity contribution is 6.71. The first-order chi connectivity index (χ1) is 20.6. The Morgan fingerprint density at radius 1 is 1.19 bits per heavy atom. The molecular formula is C31H40N6O5Si. The summed E-state index contributed by atoms with van der Waals surface area (Å²) in [4.78, 5) is 41.7. The molecule has 1 spiro atoms. The van der Waals surface area contributed by atoms with E-state index in [1.165, 1.54) is 0 Å². The van der Waals surface area contributed by atoms with E-state index in [4.69, 9.17) is 4.74 Å². The fourth-order valence-electron chi connectivity index (χ4n) is 7.39. The van der Waals surface area contributed by atoms with Crippen molar-refractivity contribution in [1.29, 1.82) is 0 Å². The lowest BCUT2D eigenvalue weighted by Gasteiger charge is -2.33. The number of aliphatic hydroxyl groups excluding tert-OH is 1. The number of carbonyl (C=O) groups excluding carboxylic acids is 2. The van der Waals surface area contributed by atoms with Crippen LogP contribution in [0.5, 0.6) is 0 Å². The van der Waals surface area contributed by atoms with Gasteiger partial charge in [0.15, 0.2) is 13.9 Å². The minimum Gasteiger partial charge on any atom is -0.432 e. The van der Waals surface area contributed by atoms with Gasteiger partial charge in [0.2, 0.25) is 5.91 Å². The van der Waals surface area contributed by atoms with Gasteiger partial charge < -0.3 is 29.8 Å². The van der Waals surface area contributed by atoms with E-state index >= 15 is 0 Å². The van der Waals surface area contributed by atoms with Gasteiger partial charge >= 0.3 is 0 Å². The molecule has 228 valence electrons. The average Bonchev–Trinajstić information content (AvgIpc) is 3.64. The molecule has 2 saturated heterocycles. The zero-order valence-electron chi connectivity index (χ0n) is 25.1. The number of aliphatic hydroxyl groups is 1. The molecule has 2 amide bonds. The number of aryl methyl sites for hydroxylation is 1. The maximum absolute atomic E-state index is 14.1. The second-order valence-electron chi connectivity index (χ2n) is 12.5. The Bertz CT molecular complexity index is 1510. The van der Waals surface area contributed by atoms with Gasteiger partial charge in [-0.15, -0.1) is 5.10 Å². The van der Waals surface area contributed by atoms with Crippen LogP contribution in [0.2, 0.25) is 18.6 Å². The van der Waals surface area contributed by atoms with Crippen molar-refractivity contribution in [2.24, 2.45) is 5.92 Å². The third-order valence-corrected chi connectivity index (χ3v) is 11.9. The maximum atomic E-state index is 14.1. The highest BCUT2D eigenvalue weighted by atomic mass is 28.4. The van der Waals surface area contributed by atoms with Crippen molar-refractivity contribution in [3.05, 3.63) is 71.5 Å². The average molecular weight is 605 g/mol. The lowest BCUT2D eigenvalue weighted by atomic mass is 9.82. The standard InChI is InChI=1S/C31H40N6O5Si/c1-20-29(43(3,4)41)27(12-14-36-18-25(33-34-36)23(19-38)21-8-6-5-7-9-21)42-31(20)24-16-22(37-15-13-32-17-28(37)39)10-11-26(24)35(2)30(31)40/h5-11,16,18,20,23,27,29,32,38,41H,12-15,17,19H2,1-4H3/t20-,23?,27+,29-,31+/m1/s1. The summed E-state index contributed by atoms with van der Waals surface area (Å²) in [5.74, 6) is -0.739. The number of likely N-dealkylation sites (N-methyl/N-ethyl adjacent to an activating group) is 1. The summed E-state index contributed by atoms with van der Waals surface area (Å²) in [7, 11) is -1.06. The monoisotopic (exact) mass is 604 g/mol. The Morgan fingerprint density at radius 2 is 1.95 bits per heavy atom. The van der Waals surface area contributed by atoms with Crippen LogP contribution in [0.3, 0.4) is 0 Å². The molecule has 0 bridgehead atoms.